The molecule has 0 radical (unpaired) electrons. The fraction of sp³-hybridized carbons (Fsp3) is 0.278. The van der Waals surface area contributed by atoms with Crippen LogP contribution in [0.1, 0.15) is 56.7 Å². The average Bonchev–Trinajstić information content (AvgIpc) is 2.93. The second kappa shape index (κ2) is 14.1. The Morgan fingerprint density at radius 1 is 0.381 bits per heavy atom. The van der Waals surface area contributed by atoms with Crippen LogP contribution in [0.15, 0.2) is 97.1 Å². The Hall–Kier alpha value is -4.26. The molecule has 0 saturated heterocycles. The number of aryl methyl sites for hydroxylation is 4. The number of hydrogen-bond acceptors (Lipinski definition) is 6. The normalized spacial score (nSPS) is 11.4. The summed E-state index contributed by atoms with van der Waals surface area (Å²) in [6.07, 6.45) is 0. The average molecular weight is 557 g/mol. The maximum atomic E-state index is 4.78. The molecular formula is C36H40N6. The van der Waals surface area contributed by atoms with Gasteiger partial charge in [-0.2, -0.15) is 0 Å². The molecule has 6 heteroatoms. The molecule has 0 amide bonds. The zero-order chi connectivity index (χ0) is 29.3. The van der Waals surface area contributed by atoms with Crippen LogP contribution in [0.25, 0.3) is 0 Å². The first-order valence-electron chi connectivity index (χ1n) is 14.6. The van der Waals surface area contributed by atoms with Crippen LogP contribution in [-0.4, -0.2) is 29.7 Å². The molecule has 4 heterocycles. The summed E-state index contributed by atoms with van der Waals surface area (Å²) >= 11 is 0. The highest BCUT2D eigenvalue weighted by molar-refractivity contribution is 5.24. The monoisotopic (exact) mass is 556 g/mol. The summed E-state index contributed by atoms with van der Waals surface area (Å²) in [5, 5.41) is 0. The van der Waals surface area contributed by atoms with Crippen molar-refractivity contribution >= 4 is 0 Å². The van der Waals surface area contributed by atoms with Gasteiger partial charge in [0.15, 0.2) is 0 Å². The number of hydrogen-bond donors (Lipinski definition) is 0. The number of pyridine rings is 4. The number of nitrogens with zero attached hydrogens (tertiary/aromatic N) is 6. The van der Waals surface area contributed by atoms with E-state index in [-0.39, 0.29) is 0 Å². The van der Waals surface area contributed by atoms with Crippen LogP contribution in [0, 0.1) is 27.7 Å². The van der Waals surface area contributed by atoms with Gasteiger partial charge < -0.3 is 0 Å². The Bertz CT molecular complexity index is 1400. The minimum Gasteiger partial charge on any atom is -0.287 e. The molecule has 0 saturated carbocycles. The summed E-state index contributed by atoms with van der Waals surface area (Å²) in [4.78, 5) is 24.0. The Labute approximate surface area is 250 Å². The Morgan fingerprint density at radius 3 is 0.952 bits per heavy atom. The van der Waals surface area contributed by atoms with Gasteiger partial charge in [-0.3, -0.25) is 29.7 Å². The summed E-state index contributed by atoms with van der Waals surface area (Å²) in [5.74, 6) is 0. The maximum Gasteiger partial charge on any atom is 0.0547 e. The molecule has 0 fully saturated rings. The van der Waals surface area contributed by atoms with E-state index in [1.807, 2.05) is 52.0 Å². The molecule has 0 unspecified atom stereocenters. The molecular weight excluding hydrogens is 516 g/mol. The Morgan fingerprint density at radius 2 is 0.667 bits per heavy atom. The molecule has 0 bridgehead atoms. The molecule has 5 rings (SSSR count). The van der Waals surface area contributed by atoms with E-state index >= 15 is 0 Å². The summed E-state index contributed by atoms with van der Waals surface area (Å²) in [5.41, 5.74) is 11.0. The Kier molecular flexibility index (Phi) is 9.80. The lowest BCUT2D eigenvalue weighted by molar-refractivity contribution is 0.237. The first-order valence-corrected chi connectivity index (χ1v) is 14.6. The van der Waals surface area contributed by atoms with Crippen molar-refractivity contribution in [3.8, 4) is 0 Å². The van der Waals surface area contributed by atoms with E-state index in [0.29, 0.717) is 0 Å². The predicted octanol–water partition coefficient (Wildman–Crippen LogP) is 6.91. The predicted molar refractivity (Wildman–Crippen MR) is 168 cm³/mol. The van der Waals surface area contributed by atoms with Gasteiger partial charge in [-0.25, -0.2) is 0 Å². The first-order chi connectivity index (χ1) is 20.4. The molecule has 5 aromatic rings. The van der Waals surface area contributed by atoms with Crippen LogP contribution in [0.5, 0.6) is 0 Å². The third-order valence-corrected chi connectivity index (χ3v) is 7.13. The summed E-state index contributed by atoms with van der Waals surface area (Å²) in [6, 6.07) is 33.9. The van der Waals surface area contributed by atoms with Gasteiger partial charge in [0, 0.05) is 62.0 Å². The van der Waals surface area contributed by atoms with Crippen LogP contribution < -0.4 is 0 Å². The fourth-order valence-electron chi connectivity index (χ4n) is 5.34. The van der Waals surface area contributed by atoms with Gasteiger partial charge in [-0.15, -0.1) is 0 Å². The minimum atomic E-state index is 0.756. The second-order valence-electron chi connectivity index (χ2n) is 11.2. The van der Waals surface area contributed by atoms with Gasteiger partial charge in [0.05, 0.1) is 22.8 Å². The van der Waals surface area contributed by atoms with E-state index in [1.165, 1.54) is 11.1 Å². The largest absolute Gasteiger partial charge is 0.287 e. The second-order valence-corrected chi connectivity index (χ2v) is 11.2. The molecule has 0 aliphatic rings. The zero-order valence-electron chi connectivity index (χ0n) is 25.2. The van der Waals surface area contributed by atoms with E-state index in [2.05, 4.69) is 82.6 Å². The summed E-state index contributed by atoms with van der Waals surface area (Å²) in [6.45, 7) is 12.8. The molecule has 4 aromatic heterocycles. The first kappa shape index (κ1) is 29.2. The van der Waals surface area contributed by atoms with E-state index in [1.54, 1.807) is 0 Å². The molecule has 0 spiro atoms. The van der Waals surface area contributed by atoms with Gasteiger partial charge in [-0.1, -0.05) is 48.5 Å². The molecule has 1 aromatic carbocycles. The highest BCUT2D eigenvalue weighted by atomic mass is 15.1. The van der Waals surface area contributed by atoms with E-state index < -0.39 is 0 Å². The minimum absolute atomic E-state index is 0.756. The van der Waals surface area contributed by atoms with E-state index in [0.717, 1.165) is 84.8 Å². The molecule has 42 heavy (non-hydrogen) atoms. The lowest BCUT2D eigenvalue weighted by Gasteiger charge is -2.24. The summed E-state index contributed by atoms with van der Waals surface area (Å²) < 4.78 is 0. The SMILES string of the molecule is Cc1cccc(CN(Cc2cccc(CN(Cc3cccc(C)n3)Cc3cccc(C)n3)c2)Cc2cccc(C)n2)n1. The van der Waals surface area contributed by atoms with Gasteiger partial charge in [0.1, 0.15) is 0 Å². The topological polar surface area (TPSA) is 58.0 Å². The Balaban J connectivity index is 1.36. The summed E-state index contributed by atoms with van der Waals surface area (Å²) in [7, 11) is 0. The van der Waals surface area contributed by atoms with Gasteiger partial charge >= 0.3 is 0 Å². The third-order valence-electron chi connectivity index (χ3n) is 7.13. The van der Waals surface area contributed by atoms with Gasteiger partial charge in [-0.05, 0) is 87.4 Å². The van der Waals surface area contributed by atoms with Gasteiger partial charge in [0.2, 0.25) is 0 Å². The molecule has 214 valence electrons. The number of rotatable bonds is 12. The van der Waals surface area contributed by atoms with Crippen molar-refractivity contribution in [1.82, 2.24) is 29.7 Å². The van der Waals surface area contributed by atoms with Crippen molar-refractivity contribution in [2.24, 2.45) is 0 Å². The molecule has 0 aliphatic heterocycles. The van der Waals surface area contributed by atoms with Crippen LogP contribution in [0.4, 0.5) is 0 Å². The van der Waals surface area contributed by atoms with Crippen molar-refractivity contribution in [3.05, 3.63) is 154 Å². The number of benzene rings is 1. The van der Waals surface area contributed by atoms with Crippen molar-refractivity contribution < 1.29 is 0 Å². The molecule has 0 aliphatic carbocycles. The molecule has 0 N–H and O–H groups in total. The van der Waals surface area contributed by atoms with Crippen molar-refractivity contribution in [3.63, 3.8) is 0 Å². The fourth-order valence-corrected chi connectivity index (χ4v) is 5.34. The van der Waals surface area contributed by atoms with Crippen molar-refractivity contribution in [2.75, 3.05) is 0 Å². The molecule has 0 atom stereocenters. The highest BCUT2D eigenvalue weighted by Crippen LogP contribution is 2.18. The zero-order valence-corrected chi connectivity index (χ0v) is 25.2. The van der Waals surface area contributed by atoms with Crippen LogP contribution >= 0.6 is 0 Å². The van der Waals surface area contributed by atoms with Crippen molar-refractivity contribution in [2.45, 2.75) is 67.0 Å². The number of aromatic nitrogens is 4. The lowest BCUT2D eigenvalue weighted by Crippen LogP contribution is -2.25. The quantitative estimate of drug-likeness (QED) is 0.167. The van der Waals surface area contributed by atoms with E-state index in [9.17, 15) is 0 Å². The standard InChI is InChI=1S/C36H40N6/c1-27-10-5-16-33(37-27)23-41(24-34-17-6-11-28(2)38-34)21-31-14-9-15-32(20-31)22-42(25-35-18-7-12-29(3)39-35)26-36-19-8-13-30(4)40-36/h5-20H,21-26H2,1-4H3. The van der Waals surface area contributed by atoms with E-state index in [4.69, 9.17) is 19.9 Å². The van der Waals surface area contributed by atoms with Crippen LogP contribution in [0.3, 0.4) is 0 Å². The lowest BCUT2D eigenvalue weighted by atomic mass is 10.1. The highest BCUT2D eigenvalue weighted by Gasteiger charge is 2.14. The molecule has 6 nitrogen and oxygen atoms in total. The maximum absolute atomic E-state index is 4.78. The van der Waals surface area contributed by atoms with Crippen LogP contribution in [0.2, 0.25) is 0 Å². The third kappa shape index (κ3) is 8.87. The van der Waals surface area contributed by atoms with Crippen LogP contribution in [-0.2, 0) is 39.3 Å². The van der Waals surface area contributed by atoms with Gasteiger partial charge in [0.25, 0.3) is 0 Å². The van der Waals surface area contributed by atoms with Crippen molar-refractivity contribution in [1.29, 1.82) is 0 Å². The smallest absolute Gasteiger partial charge is 0.0547 e.